The smallest absolute Gasteiger partial charge is 0.355 e. The summed E-state index contributed by atoms with van der Waals surface area (Å²) >= 11 is 0.796. The highest BCUT2D eigenvalue weighted by Gasteiger charge is 2.38. The van der Waals surface area contributed by atoms with Gasteiger partial charge < -0.3 is 11.2 Å². The van der Waals surface area contributed by atoms with Crippen LogP contribution in [0.1, 0.15) is 29.3 Å². The lowest BCUT2D eigenvalue weighted by Crippen LogP contribution is -2.28. The van der Waals surface area contributed by atoms with Gasteiger partial charge in [0, 0.05) is 12.5 Å². The predicted molar refractivity (Wildman–Crippen MR) is 108 cm³/mol. The van der Waals surface area contributed by atoms with Crippen molar-refractivity contribution < 1.29 is 18.0 Å². The molecule has 0 fully saturated rings. The number of carbonyl (C=O) groups is 1. The second kappa shape index (κ2) is 9.66. The molecular formula is C20H20F3N5OS. The van der Waals surface area contributed by atoms with Crippen molar-refractivity contribution in [1.82, 2.24) is 20.2 Å². The average molecular weight is 435 g/mol. The summed E-state index contributed by atoms with van der Waals surface area (Å²) in [6.45, 7) is 0.414. The summed E-state index contributed by atoms with van der Waals surface area (Å²) in [5.74, 6) is 3.73. The minimum Gasteiger partial charge on any atom is -0.355 e. The molecular weight excluding hydrogens is 415 g/mol. The lowest BCUT2D eigenvalue weighted by Gasteiger charge is -2.18. The third-order valence-corrected chi connectivity index (χ3v) is 5.35. The summed E-state index contributed by atoms with van der Waals surface area (Å²) in [7, 11) is 0. The molecule has 10 heteroatoms. The third kappa shape index (κ3) is 5.53. The average Bonchev–Trinajstić information content (AvgIpc) is 3.12. The quantitative estimate of drug-likeness (QED) is 0.418. The first-order valence-electron chi connectivity index (χ1n) is 9.13. The Morgan fingerprint density at radius 2 is 1.60 bits per heavy atom. The highest BCUT2D eigenvalue weighted by atomic mass is 32.2. The summed E-state index contributed by atoms with van der Waals surface area (Å²) in [6.07, 6.45) is -4.03. The molecule has 1 amide bonds. The van der Waals surface area contributed by atoms with Crippen LogP contribution in [0.3, 0.4) is 0 Å². The molecule has 0 saturated heterocycles. The number of hydrogen-bond donors (Lipinski definition) is 2. The number of benzene rings is 2. The van der Waals surface area contributed by atoms with E-state index in [2.05, 4.69) is 15.5 Å². The van der Waals surface area contributed by atoms with Crippen molar-refractivity contribution in [3.05, 3.63) is 77.6 Å². The minimum absolute atomic E-state index is 0.113. The van der Waals surface area contributed by atoms with Crippen molar-refractivity contribution in [3.8, 4) is 0 Å². The van der Waals surface area contributed by atoms with Gasteiger partial charge in [-0.2, -0.15) is 13.2 Å². The van der Waals surface area contributed by atoms with Gasteiger partial charge in [0.2, 0.25) is 11.1 Å². The Kier molecular flexibility index (Phi) is 6.99. The van der Waals surface area contributed by atoms with Gasteiger partial charge >= 0.3 is 6.18 Å². The topological polar surface area (TPSA) is 85.8 Å². The van der Waals surface area contributed by atoms with E-state index < -0.39 is 12.0 Å². The number of alkyl halides is 3. The van der Waals surface area contributed by atoms with Gasteiger partial charge in [0.05, 0.1) is 5.75 Å². The molecule has 0 unspecified atom stereocenters. The standard InChI is InChI=1S/C20H20F3N5OS/c21-20(22,23)18-26-27-19(28(18)24)30-13-17(29)25-12-11-16(14-7-3-1-4-8-14)15-9-5-2-6-10-15/h1-10,16H,11-13,24H2,(H,25,29). The number of rotatable bonds is 8. The molecule has 0 saturated carbocycles. The fraction of sp³-hybridized carbons (Fsp3) is 0.250. The van der Waals surface area contributed by atoms with Gasteiger partial charge in [0.15, 0.2) is 0 Å². The molecule has 0 aliphatic carbocycles. The highest BCUT2D eigenvalue weighted by molar-refractivity contribution is 7.99. The number of nitrogens with one attached hydrogen (secondary N) is 1. The SMILES string of the molecule is Nn1c(SCC(=O)NCCC(c2ccccc2)c2ccccc2)nnc1C(F)(F)F. The van der Waals surface area contributed by atoms with Gasteiger partial charge in [-0.3, -0.25) is 4.79 Å². The Morgan fingerprint density at radius 3 is 2.10 bits per heavy atom. The third-order valence-electron chi connectivity index (χ3n) is 4.41. The predicted octanol–water partition coefficient (Wildman–Crippen LogP) is 3.44. The molecule has 30 heavy (non-hydrogen) atoms. The Bertz CT molecular complexity index is 924. The number of nitrogens with zero attached hydrogens (tertiary/aromatic N) is 3. The molecule has 0 bridgehead atoms. The van der Waals surface area contributed by atoms with E-state index in [0.717, 1.165) is 22.9 Å². The molecule has 0 spiro atoms. The maximum absolute atomic E-state index is 12.7. The number of amides is 1. The Labute approximate surface area is 175 Å². The number of carbonyl (C=O) groups excluding carboxylic acids is 1. The van der Waals surface area contributed by atoms with Crippen LogP contribution in [0.25, 0.3) is 0 Å². The molecule has 0 aliphatic heterocycles. The molecule has 1 aromatic heterocycles. The summed E-state index contributed by atoms with van der Waals surface area (Å²) in [6, 6.07) is 20.0. The Morgan fingerprint density at radius 1 is 1.03 bits per heavy atom. The zero-order chi connectivity index (χ0) is 21.6. The molecule has 0 aliphatic rings. The second-order valence-electron chi connectivity index (χ2n) is 6.48. The lowest BCUT2D eigenvalue weighted by molar-refractivity contribution is -0.146. The molecule has 3 aromatic rings. The number of thioether (sulfide) groups is 1. The van der Waals surface area contributed by atoms with Crippen LogP contribution in [0.4, 0.5) is 13.2 Å². The van der Waals surface area contributed by atoms with E-state index in [1.807, 2.05) is 60.7 Å². The number of nitrogen functional groups attached to an aromatic ring is 1. The Balaban J connectivity index is 1.54. The van der Waals surface area contributed by atoms with Crippen LogP contribution in [-0.2, 0) is 11.0 Å². The van der Waals surface area contributed by atoms with Crippen LogP contribution in [0.15, 0.2) is 65.8 Å². The summed E-state index contributed by atoms with van der Waals surface area (Å²) < 4.78 is 38.4. The van der Waals surface area contributed by atoms with E-state index in [0.29, 0.717) is 17.6 Å². The van der Waals surface area contributed by atoms with E-state index in [1.54, 1.807) is 0 Å². The van der Waals surface area contributed by atoms with Crippen LogP contribution < -0.4 is 11.2 Å². The van der Waals surface area contributed by atoms with E-state index in [9.17, 15) is 18.0 Å². The summed E-state index contributed by atoms with van der Waals surface area (Å²) in [5.41, 5.74) is 2.28. The van der Waals surface area contributed by atoms with Crippen molar-refractivity contribution in [2.45, 2.75) is 23.7 Å². The fourth-order valence-corrected chi connectivity index (χ4v) is 3.69. The molecule has 3 rings (SSSR count). The largest absolute Gasteiger partial charge is 0.453 e. The van der Waals surface area contributed by atoms with Crippen molar-refractivity contribution in [1.29, 1.82) is 0 Å². The molecule has 0 atom stereocenters. The van der Waals surface area contributed by atoms with Crippen LogP contribution in [0.5, 0.6) is 0 Å². The first-order valence-corrected chi connectivity index (χ1v) is 10.1. The number of hydrogen-bond acceptors (Lipinski definition) is 5. The van der Waals surface area contributed by atoms with Crippen LogP contribution >= 0.6 is 11.8 Å². The molecule has 3 N–H and O–H groups in total. The first-order chi connectivity index (χ1) is 14.4. The highest BCUT2D eigenvalue weighted by Crippen LogP contribution is 2.29. The maximum Gasteiger partial charge on any atom is 0.453 e. The molecule has 1 heterocycles. The van der Waals surface area contributed by atoms with Gasteiger partial charge in [-0.05, 0) is 17.5 Å². The molecule has 2 aromatic carbocycles. The monoisotopic (exact) mass is 435 g/mol. The van der Waals surface area contributed by atoms with Crippen molar-refractivity contribution in [2.24, 2.45) is 0 Å². The lowest BCUT2D eigenvalue weighted by atomic mass is 9.88. The van der Waals surface area contributed by atoms with E-state index in [-0.39, 0.29) is 22.7 Å². The first kappa shape index (κ1) is 21.7. The van der Waals surface area contributed by atoms with Gasteiger partial charge in [-0.15, -0.1) is 10.2 Å². The van der Waals surface area contributed by atoms with Gasteiger partial charge in [-0.25, -0.2) is 4.68 Å². The number of halogens is 3. The van der Waals surface area contributed by atoms with Gasteiger partial charge in [0.25, 0.3) is 5.82 Å². The maximum atomic E-state index is 12.7. The van der Waals surface area contributed by atoms with Crippen LogP contribution in [-0.4, -0.2) is 33.1 Å². The molecule has 6 nitrogen and oxygen atoms in total. The van der Waals surface area contributed by atoms with Gasteiger partial charge in [-0.1, -0.05) is 72.4 Å². The molecule has 0 radical (unpaired) electrons. The van der Waals surface area contributed by atoms with Gasteiger partial charge in [0.1, 0.15) is 0 Å². The van der Waals surface area contributed by atoms with E-state index >= 15 is 0 Å². The normalized spacial score (nSPS) is 11.6. The van der Waals surface area contributed by atoms with Crippen LogP contribution in [0.2, 0.25) is 0 Å². The Hall–Kier alpha value is -3.01. The minimum atomic E-state index is -4.70. The number of aromatic nitrogens is 3. The second-order valence-corrected chi connectivity index (χ2v) is 7.42. The van der Waals surface area contributed by atoms with E-state index in [4.69, 9.17) is 5.84 Å². The number of nitrogens with two attached hydrogens (primary N) is 1. The van der Waals surface area contributed by atoms with Crippen molar-refractivity contribution >= 4 is 17.7 Å². The summed E-state index contributed by atoms with van der Waals surface area (Å²) in [5, 5.41) is 9.04. The zero-order valence-electron chi connectivity index (χ0n) is 15.8. The summed E-state index contributed by atoms with van der Waals surface area (Å²) in [4.78, 5) is 12.1. The molecule has 158 valence electrons. The van der Waals surface area contributed by atoms with E-state index in [1.165, 1.54) is 0 Å². The fourth-order valence-electron chi connectivity index (χ4n) is 3.00. The van der Waals surface area contributed by atoms with Crippen molar-refractivity contribution in [2.75, 3.05) is 18.1 Å². The van der Waals surface area contributed by atoms with Crippen molar-refractivity contribution in [3.63, 3.8) is 0 Å². The zero-order valence-corrected chi connectivity index (χ0v) is 16.7. The van der Waals surface area contributed by atoms with Crippen LogP contribution in [0, 0.1) is 0 Å².